The summed E-state index contributed by atoms with van der Waals surface area (Å²) in [7, 11) is 4.14. The molecule has 3 aliphatic rings. The minimum atomic E-state index is -0.0235. The Hall–Kier alpha value is -0.450. The minimum Gasteiger partial charge on any atom is -0.309 e. The van der Waals surface area contributed by atoms with E-state index in [4.69, 9.17) is 0 Å². The molecule has 0 aromatic heterocycles. The van der Waals surface area contributed by atoms with E-state index in [9.17, 15) is 4.79 Å². The minimum absolute atomic E-state index is 0.0235. The molecule has 3 rings (SSSR count). The average Bonchev–Trinajstić information content (AvgIpc) is 2.64. The van der Waals surface area contributed by atoms with Gasteiger partial charge in [-0.3, -0.25) is 4.79 Å². The summed E-state index contributed by atoms with van der Waals surface area (Å²) >= 11 is 0. The van der Waals surface area contributed by atoms with E-state index in [0.717, 1.165) is 52.0 Å². The Morgan fingerprint density at radius 3 is 2.35 bits per heavy atom. The molecular weight excluding hydrogens is 250 g/mol. The smallest absolute Gasteiger partial charge is 0.207 e. The van der Waals surface area contributed by atoms with Crippen molar-refractivity contribution in [3.8, 4) is 0 Å². The van der Waals surface area contributed by atoms with Gasteiger partial charge in [0, 0.05) is 26.1 Å². The molecule has 0 N–H and O–H groups in total. The van der Waals surface area contributed by atoms with Gasteiger partial charge in [-0.15, -0.1) is 0 Å². The highest BCUT2D eigenvalue weighted by Crippen LogP contribution is 2.38. The monoisotopic (exact) mass is 280 g/mol. The van der Waals surface area contributed by atoms with E-state index in [0.29, 0.717) is 5.78 Å². The predicted octanol–water partition coefficient (Wildman–Crippen LogP) is 1.36. The fourth-order valence-electron chi connectivity index (χ4n) is 3.39. The second kappa shape index (κ2) is 7.53. The maximum atomic E-state index is 11.7. The van der Waals surface area contributed by atoms with Crippen LogP contribution in [0.4, 0.5) is 0 Å². The maximum Gasteiger partial charge on any atom is 0.207 e. The van der Waals surface area contributed by atoms with Crippen molar-refractivity contribution in [3.05, 3.63) is 0 Å². The highest BCUT2D eigenvalue weighted by atomic mass is 16.1. The number of carbonyl (C=O) groups excluding carboxylic acids is 1. The van der Waals surface area contributed by atoms with Crippen molar-refractivity contribution in [3.63, 3.8) is 0 Å². The number of hydrogen-bond donors (Lipinski definition) is 0. The Balaban J connectivity index is 0.000000178. The molecule has 4 heteroatoms. The number of rotatable bonds is 3. The van der Waals surface area contributed by atoms with Crippen molar-refractivity contribution < 1.29 is 4.79 Å². The third-order valence-electron chi connectivity index (χ3n) is 4.88. The van der Waals surface area contributed by atoms with Gasteiger partial charge in [0.05, 0.1) is 12.8 Å². The Bertz CT molecular complexity index is 299. The van der Waals surface area contributed by atoms with Crippen LogP contribution in [-0.2, 0) is 4.79 Å². The topological polar surface area (TPSA) is 40.3 Å². The molecule has 20 heavy (non-hydrogen) atoms. The third kappa shape index (κ3) is 3.80. The van der Waals surface area contributed by atoms with Gasteiger partial charge in [0.1, 0.15) is 13.1 Å². The number of nitrogens with zero attached hydrogens (tertiary/aromatic N) is 3. The second-order valence-electron chi connectivity index (χ2n) is 6.58. The van der Waals surface area contributed by atoms with Crippen molar-refractivity contribution in [1.29, 1.82) is 0 Å². The van der Waals surface area contributed by atoms with Crippen molar-refractivity contribution >= 4 is 5.78 Å². The Morgan fingerprint density at radius 2 is 1.85 bits per heavy atom. The van der Waals surface area contributed by atoms with Crippen LogP contribution in [0.1, 0.15) is 44.9 Å². The number of Topliss-reactive ketones (excluding diaryl/α,β-unsaturated/α-hetero) is 1. The van der Waals surface area contributed by atoms with Gasteiger partial charge in [-0.25, -0.2) is 5.32 Å². The summed E-state index contributed by atoms with van der Waals surface area (Å²) in [5, 5.41) is 4.27. The third-order valence-corrected chi connectivity index (χ3v) is 4.88. The standard InChI is InChI=1S/C10H18N2O.C6H12N/c1-11(2)7-4-10-5-8-12(10)6-3-9(10)13;1-2-4-6-7-5-3-1/h3-8H2,1-2H3;1-6H2/q+1;. The molecule has 3 saturated heterocycles. The molecule has 0 aliphatic carbocycles. The second-order valence-corrected chi connectivity index (χ2v) is 6.58. The van der Waals surface area contributed by atoms with Crippen LogP contribution in [-0.4, -0.2) is 63.0 Å². The van der Waals surface area contributed by atoms with Crippen molar-refractivity contribution in [1.82, 2.24) is 15.1 Å². The number of carbonyl (C=O) groups is 1. The predicted molar refractivity (Wildman–Crippen MR) is 82.3 cm³/mol. The van der Waals surface area contributed by atoms with Crippen LogP contribution in [0, 0.1) is 0 Å². The lowest BCUT2D eigenvalue weighted by Crippen LogP contribution is -2.64. The molecule has 2 radical (unpaired) electrons. The fraction of sp³-hybridized carbons (Fsp3) is 0.938. The molecule has 0 aromatic rings. The largest absolute Gasteiger partial charge is 0.309 e. The van der Waals surface area contributed by atoms with Gasteiger partial charge in [-0.1, -0.05) is 12.8 Å². The molecule has 3 heterocycles. The zero-order valence-corrected chi connectivity index (χ0v) is 13.2. The first-order valence-electron chi connectivity index (χ1n) is 8.21. The van der Waals surface area contributed by atoms with Crippen molar-refractivity contribution in [2.45, 2.75) is 50.5 Å². The van der Waals surface area contributed by atoms with Gasteiger partial charge in [0.2, 0.25) is 11.3 Å². The molecule has 4 nitrogen and oxygen atoms in total. The van der Waals surface area contributed by atoms with Crippen molar-refractivity contribution in [2.24, 2.45) is 0 Å². The SMILES string of the molecule is C1CCC[N]CC1.CN(C)CCC12CC[N+]1CCC2=O. The van der Waals surface area contributed by atoms with E-state index in [1.54, 1.807) is 0 Å². The molecule has 1 unspecified atom stereocenters. The molecule has 3 fully saturated rings. The van der Waals surface area contributed by atoms with Crippen LogP contribution in [0.5, 0.6) is 0 Å². The zero-order valence-electron chi connectivity index (χ0n) is 13.2. The van der Waals surface area contributed by atoms with Gasteiger partial charge in [0.15, 0.2) is 0 Å². The van der Waals surface area contributed by atoms with E-state index in [-0.39, 0.29) is 5.54 Å². The number of fused-ring (bicyclic) bond motifs is 1. The van der Waals surface area contributed by atoms with Gasteiger partial charge in [-0.05, 0) is 26.9 Å². The summed E-state index contributed by atoms with van der Waals surface area (Å²) in [5.41, 5.74) is -0.0235. The maximum absolute atomic E-state index is 11.7. The summed E-state index contributed by atoms with van der Waals surface area (Å²) in [6.07, 6.45) is 8.39. The van der Waals surface area contributed by atoms with Gasteiger partial charge in [-0.2, -0.15) is 4.90 Å². The van der Waals surface area contributed by atoms with Crippen LogP contribution < -0.4 is 10.2 Å². The molecule has 3 aliphatic heterocycles. The molecule has 1 atom stereocenters. The van der Waals surface area contributed by atoms with E-state index < -0.39 is 0 Å². The van der Waals surface area contributed by atoms with Gasteiger partial charge in [0.25, 0.3) is 0 Å². The lowest BCUT2D eigenvalue weighted by Gasteiger charge is -2.37. The van der Waals surface area contributed by atoms with Crippen LogP contribution in [0.3, 0.4) is 0 Å². The Morgan fingerprint density at radius 1 is 1.15 bits per heavy atom. The van der Waals surface area contributed by atoms with Crippen LogP contribution >= 0.6 is 0 Å². The van der Waals surface area contributed by atoms with Gasteiger partial charge >= 0.3 is 0 Å². The normalized spacial score (nSPS) is 30.2. The van der Waals surface area contributed by atoms with E-state index in [2.05, 4.69) is 29.2 Å². The fourth-order valence-corrected chi connectivity index (χ4v) is 3.39. The van der Waals surface area contributed by atoms with Crippen LogP contribution in [0.25, 0.3) is 0 Å². The number of ketones is 1. The highest BCUT2D eigenvalue weighted by molar-refractivity contribution is 5.92. The van der Waals surface area contributed by atoms with Gasteiger partial charge < -0.3 is 4.90 Å². The molecule has 0 spiro atoms. The summed E-state index contributed by atoms with van der Waals surface area (Å²) in [4.78, 5) is 16.2. The number of hydrogen-bond acceptors (Lipinski definition) is 3. The Labute approximate surface area is 123 Å². The molecule has 114 valence electrons. The lowest BCUT2D eigenvalue weighted by molar-refractivity contribution is -0.127. The van der Waals surface area contributed by atoms with Crippen molar-refractivity contribution in [2.75, 3.05) is 46.8 Å². The van der Waals surface area contributed by atoms with Crippen LogP contribution in [0.15, 0.2) is 0 Å². The first-order chi connectivity index (χ1) is 9.65. The Kier molecular flexibility index (Phi) is 6.00. The highest BCUT2D eigenvalue weighted by Gasteiger charge is 2.63. The first-order valence-corrected chi connectivity index (χ1v) is 8.21. The first kappa shape index (κ1) is 15.9. The van der Waals surface area contributed by atoms with E-state index in [1.165, 1.54) is 25.7 Å². The lowest BCUT2D eigenvalue weighted by atomic mass is 9.81. The molecule has 0 aromatic carbocycles. The summed E-state index contributed by atoms with van der Waals surface area (Å²) in [6, 6.07) is 0. The average molecular weight is 280 g/mol. The molecule has 0 bridgehead atoms. The zero-order chi connectivity index (χ0) is 14.4. The molecule has 0 amide bonds. The van der Waals surface area contributed by atoms with Crippen LogP contribution in [0.2, 0.25) is 0 Å². The summed E-state index contributed by atoms with van der Waals surface area (Å²) in [6.45, 7) is 5.42. The van der Waals surface area contributed by atoms with E-state index >= 15 is 0 Å². The molecule has 0 saturated carbocycles. The summed E-state index contributed by atoms with van der Waals surface area (Å²) < 4.78 is 0. The van der Waals surface area contributed by atoms with E-state index in [1.807, 2.05) is 0 Å². The quantitative estimate of drug-likeness (QED) is 0.732. The molecular formula is C16H30N3O+. The summed E-state index contributed by atoms with van der Waals surface area (Å²) in [5.74, 6) is 0.487.